The lowest BCUT2D eigenvalue weighted by atomic mass is 10.1. The number of carbonyl (C=O) groups is 2. The third kappa shape index (κ3) is 4.00. The maximum absolute atomic E-state index is 13.1. The van der Waals surface area contributed by atoms with Gasteiger partial charge in [-0.15, -0.1) is 11.3 Å². The van der Waals surface area contributed by atoms with E-state index in [2.05, 4.69) is 5.32 Å². The second-order valence-corrected chi connectivity index (χ2v) is 8.74. The quantitative estimate of drug-likeness (QED) is 0.593. The molecule has 1 aliphatic heterocycles. The number of hydrogen-bond donors (Lipinski definition) is 1. The first-order valence-corrected chi connectivity index (χ1v) is 11.3. The Labute approximate surface area is 189 Å². The Kier molecular flexibility index (Phi) is 6.27. The number of nitrogens with zero attached hydrogens (tertiary/aromatic N) is 2. The number of rotatable bonds is 5. The molecule has 1 aromatic carbocycles. The van der Waals surface area contributed by atoms with Gasteiger partial charge in [0.1, 0.15) is 22.0 Å². The lowest BCUT2D eigenvalue weighted by Gasteiger charge is -2.10. The molecule has 32 heavy (non-hydrogen) atoms. The van der Waals surface area contributed by atoms with E-state index in [0.29, 0.717) is 38.5 Å². The van der Waals surface area contributed by atoms with Crippen LogP contribution in [0.2, 0.25) is 0 Å². The van der Waals surface area contributed by atoms with Gasteiger partial charge >= 0.3 is 5.97 Å². The van der Waals surface area contributed by atoms with Crippen LogP contribution in [0, 0.1) is 6.92 Å². The molecule has 0 saturated heterocycles. The molecule has 0 spiro atoms. The number of aryl methyl sites for hydroxylation is 2. The topological polar surface area (TPSA) is 99.5 Å². The smallest absolute Gasteiger partial charge is 0.341 e. The fraction of sp³-hybridized carbons (Fsp3) is 0.391. The van der Waals surface area contributed by atoms with Gasteiger partial charge in [-0.2, -0.15) is 0 Å². The molecule has 2 aromatic heterocycles. The lowest BCUT2D eigenvalue weighted by Crippen LogP contribution is -2.25. The standard InChI is InChI=1S/C23H25N3O5S/c1-13-18-21(25-17-7-5-4-6-10-26(17)22(18)28)32-19(13)20(27)24-12-14-8-9-16(30-2)15(11-14)23(29)31-3/h8-9,11H,4-7,10,12H2,1-3H3,(H,24,27). The van der Waals surface area contributed by atoms with Crippen LogP contribution in [0.5, 0.6) is 5.75 Å². The third-order valence-corrected chi connectivity index (χ3v) is 6.92. The summed E-state index contributed by atoms with van der Waals surface area (Å²) in [5.41, 5.74) is 1.61. The van der Waals surface area contributed by atoms with Crippen molar-refractivity contribution in [2.45, 2.75) is 45.7 Å². The third-order valence-electron chi connectivity index (χ3n) is 5.74. The Morgan fingerprint density at radius 3 is 2.78 bits per heavy atom. The lowest BCUT2D eigenvalue weighted by molar-refractivity contribution is 0.0597. The Bertz CT molecular complexity index is 1260. The molecule has 1 aliphatic rings. The zero-order valence-electron chi connectivity index (χ0n) is 18.3. The number of benzene rings is 1. The van der Waals surface area contributed by atoms with Gasteiger partial charge in [0.25, 0.3) is 11.5 Å². The number of methoxy groups -OCH3 is 2. The van der Waals surface area contributed by atoms with Crippen molar-refractivity contribution in [1.82, 2.24) is 14.9 Å². The summed E-state index contributed by atoms with van der Waals surface area (Å²) < 4.78 is 11.8. The van der Waals surface area contributed by atoms with E-state index in [1.807, 2.05) is 0 Å². The molecule has 0 unspecified atom stereocenters. The second kappa shape index (κ2) is 9.12. The van der Waals surface area contributed by atoms with E-state index in [1.54, 1.807) is 29.7 Å². The van der Waals surface area contributed by atoms with E-state index >= 15 is 0 Å². The van der Waals surface area contributed by atoms with E-state index in [9.17, 15) is 14.4 Å². The number of aromatic nitrogens is 2. The Morgan fingerprint density at radius 2 is 2.03 bits per heavy atom. The molecule has 3 aromatic rings. The van der Waals surface area contributed by atoms with Gasteiger partial charge in [-0.05, 0) is 43.0 Å². The van der Waals surface area contributed by atoms with Gasteiger partial charge < -0.3 is 14.8 Å². The number of nitrogens with one attached hydrogen (secondary N) is 1. The summed E-state index contributed by atoms with van der Waals surface area (Å²) in [6, 6.07) is 5.07. The van der Waals surface area contributed by atoms with Crippen LogP contribution in [0.3, 0.4) is 0 Å². The maximum atomic E-state index is 13.1. The van der Waals surface area contributed by atoms with Crippen molar-refractivity contribution in [3.8, 4) is 5.75 Å². The first kappa shape index (κ1) is 22.0. The fourth-order valence-electron chi connectivity index (χ4n) is 4.02. The molecule has 0 aliphatic carbocycles. The summed E-state index contributed by atoms with van der Waals surface area (Å²) >= 11 is 1.25. The molecule has 9 heteroatoms. The van der Waals surface area contributed by atoms with Crippen molar-refractivity contribution in [1.29, 1.82) is 0 Å². The highest BCUT2D eigenvalue weighted by molar-refractivity contribution is 7.20. The number of hydrogen-bond acceptors (Lipinski definition) is 7. The van der Waals surface area contributed by atoms with Crippen LogP contribution in [0.4, 0.5) is 0 Å². The molecular formula is C23H25N3O5S. The summed E-state index contributed by atoms with van der Waals surface area (Å²) in [7, 11) is 2.78. The van der Waals surface area contributed by atoms with E-state index in [1.165, 1.54) is 25.6 Å². The van der Waals surface area contributed by atoms with Crippen molar-refractivity contribution in [2.24, 2.45) is 0 Å². The van der Waals surface area contributed by atoms with E-state index < -0.39 is 5.97 Å². The highest BCUT2D eigenvalue weighted by Gasteiger charge is 2.22. The monoisotopic (exact) mass is 455 g/mol. The Balaban J connectivity index is 1.60. The van der Waals surface area contributed by atoms with Gasteiger partial charge in [0, 0.05) is 19.5 Å². The fourth-order valence-corrected chi connectivity index (χ4v) is 5.13. The largest absolute Gasteiger partial charge is 0.496 e. The molecule has 0 saturated carbocycles. The van der Waals surface area contributed by atoms with Gasteiger partial charge in [-0.1, -0.05) is 12.5 Å². The van der Waals surface area contributed by atoms with Crippen LogP contribution >= 0.6 is 11.3 Å². The molecule has 0 atom stereocenters. The first-order valence-electron chi connectivity index (χ1n) is 10.5. The van der Waals surface area contributed by atoms with Crippen molar-refractivity contribution in [2.75, 3.05) is 14.2 Å². The molecule has 0 fully saturated rings. The minimum atomic E-state index is -0.512. The summed E-state index contributed by atoms with van der Waals surface area (Å²) in [4.78, 5) is 43.8. The normalized spacial score (nSPS) is 13.3. The molecule has 1 N–H and O–H groups in total. The number of amides is 1. The zero-order valence-corrected chi connectivity index (χ0v) is 19.1. The Hall–Kier alpha value is -3.20. The molecule has 8 nitrogen and oxygen atoms in total. The minimum absolute atomic E-state index is 0.0578. The van der Waals surface area contributed by atoms with Crippen LogP contribution in [0.1, 0.15) is 56.2 Å². The van der Waals surface area contributed by atoms with E-state index in [4.69, 9.17) is 14.5 Å². The highest BCUT2D eigenvalue weighted by Crippen LogP contribution is 2.28. The summed E-state index contributed by atoms with van der Waals surface area (Å²) in [5, 5.41) is 3.41. The van der Waals surface area contributed by atoms with Gasteiger partial charge in [0.15, 0.2) is 0 Å². The van der Waals surface area contributed by atoms with Crippen molar-refractivity contribution in [3.63, 3.8) is 0 Å². The molecule has 0 bridgehead atoms. The van der Waals surface area contributed by atoms with Crippen molar-refractivity contribution < 1.29 is 19.1 Å². The van der Waals surface area contributed by atoms with Crippen LogP contribution in [0.15, 0.2) is 23.0 Å². The van der Waals surface area contributed by atoms with E-state index in [0.717, 1.165) is 37.1 Å². The first-order chi connectivity index (χ1) is 15.4. The minimum Gasteiger partial charge on any atom is -0.496 e. The molecule has 3 heterocycles. The SMILES string of the molecule is COC(=O)c1cc(CNC(=O)c2sc3nc4n(c(=O)c3c2C)CCCCC4)ccc1OC. The Morgan fingerprint density at radius 1 is 1.22 bits per heavy atom. The van der Waals surface area contributed by atoms with Gasteiger partial charge in [0.05, 0.1) is 24.5 Å². The summed E-state index contributed by atoms with van der Waals surface area (Å²) in [6.07, 6.45) is 3.85. The average Bonchev–Trinajstić information content (AvgIpc) is 2.97. The van der Waals surface area contributed by atoms with Gasteiger partial charge in [-0.25, -0.2) is 9.78 Å². The summed E-state index contributed by atoms with van der Waals surface area (Å²) in [5.74, 6) is 0.419. The zero-order chi connectivity index (χ0) is 22.8. The number of thiophene rings is 1. The number of esters is 1. The molecule has 0 radical (unpaired) electrons. The highest BCUT2D eigenvalue weighted by atomic mass is 32.1. The molecular weight excluding hydrogens is 430 g/mol. The van der Waals surface area contributed by atoms with Crippen molar-refractivity contribution in [3.05, 3.63) is 55.9 Å². The average molecular weight is 456 g/mol. The van der Waals surface area contributed by atoms with Gasteiger partial charge in [0.2, 0.25) is 0 Å². The van der Waals surface area contributed by atoms with E-state index in [-0.39, 0.29) is 18.0 Å². The molecule has 168 valence electrons. The predicted molar refractivity (Wildman–Crippen MR) is 122 cm³/mol. The van der Waals surface area contributed by atoms with Crippen LogP contribution in [0.25, 0.3) is 10.2 Å². The maximum Gasteiger partial charge on any atom is 0.341 e. The number of fused-ring (bicyclic) bond motifs is 2. The van der Waals surface area contributed by atoms with Crippen LogP contribution < -0.4 is 15.6 Å². The van der Waals surface area contributed by atoms with Gasteiger partial charge in [-0.3, -0.25) is 14.2 Å². The van der Waals surface area contributed by atoms with Crippen LogP contribution in [-0.2, 0) is 24.2 Å². The number of ether oxygens (including phenoxy) is 2. The summed E-state index contributed by atoms with van der Waals surface area (Å²) in [6.45, 7) is 2.68. The molecule has 4 rings (SSSR count). The van der Waals surface area contributed by atoms with Crippen LogP contribution in [-0.4, -0.2) is 35.6 Å². The predicted octanol–water partition coefficient (Wildman–Crippen LogP) is 3.22. The molecule has 1 amide bonds. The van der Waals surface area contributed by atoms with Crippen molar-refractivity contribution >= 4 is 33.4 Å². The second-order valence-electron chi connectivity index (χ2n) is 7.74. The number of carbonyl (C=O) groups excluding carboxylic acids is 2.